The third-order valence-corrected chi connectivity index (χ3v) is 4.57. The highest BCUT2D eigenvalue weighted by Crippen LogP contribution is 2.30. The molecular weight excluding hydrogens is 268 g/mol. The lowest BCUT2D eigenvalue weighted by atomic mass is 9.89. The number of rotatable bonds is 2. The Morgan fingerprint density at radius 1 is 0.857 bits per heavy atom. The van der Waals surface area contributed by atoms with Crippen molar-refractivity contribution in [2.45, 2.75) is 83.5 Å². The molecule has 0 aromatic heterocycles. The number of carbonyl (C=O) groups excluding carboxylic acids is 1. The first-order chi connectivity index (χ1) is 10.3. The quantitative estimate of drug-likeness (QED) is 0.727. The molecule has 0 bridgehead atoms. The van der Waals surface area contributed by atoms with Crippen LogP contribution in [0.3, 0.4) is 0 Å². The van der Waals surface area contributed by atoms with Crippen molar-refractivity contribution in [1.82, 2.24) is 0 Å². The van der Waals surface area contributed by atoms with E-state index in [1.807, 2.05) is 0 Å². The topological polar surface area (TPSA) is 44.8 Å². The number of hydrogen-bond donors (Lipinski definition) is 0. The molecule has 4 heteroatoms. The van der Waals surface area contributed by atoms with Crippen LogP contribution >= 0.6 is 0 Å². The summed E-state index contributed by atoms with van der Waals surface area (Å²) in [6.45, 7) is 2.82. The van der Waals surface area contributed by atoms with Crippen LogP contribution in [-0.2, 0) is 19.0 Å². The van der Waals surface area contributed by atoms with Crippen LogP contribution in [0, 0.1) is 5.92 Å². The number of ether oxygens (including phenoxy) is 3. The van der Waals surface area contributed by atoms with E-state index in [4.69, 9.17) is 14.2 Å². The Morgan fingerprint density at radius 3 is 1.95 bits per heavy atom. The lowest BCUT2D eigenvalue weighted by molar-refractivity contribution is -0.164. The van der Waals surface area contributed by atoms with Crippen molar-refractivity contribution < 1.29 is 19.0 Å². The Balaban J connectivity index is 1.99. The van der Waals surface area contributed by atoms with Gasteiger partial charge >= 0.3 is 5.97 Å². The highest BCUT2D eigenvalue weighted by Gasteiger charge is 2.34. The molecule has 4 nitrogen and oxygen atoms in total. The van der Waals surface area contributed by atoms with Crippen LogP contribution in [0.25, 0.3) is 0 Å². The molecule has 122 valence electrons. The summed E-state index contributed by atoms with van der Waals surface area (Å²) >= 11 is 0. The summed E-state index contributed by atoms with van der Waals surface area (Å²) in [5.74, 6) is 0.00548. The van der Waals surface area contributed by atoms with Crippen molar-refractivity contribution in [3.05, 3.63) is 0 Å². The molecule has 0 N–H and O–H groups in total. The number of hydrogen-bond acceptors (Lipinski definition) is 4. The van der Waals surface area contributed by atoms with Crippen molar-refractivity contribution in [2.24, 2.45) is 5.92 Å². The first-order valence-electron chi connectivity index (χ1n) is 8.68. The van der Waals surface area contributed by atoms with Gasteiger partial charge in [0, 0.05) is 12.8 Å². The van der Waals surface area contributed by atoms with Gasteiger partial charge < -0.3 is 14.2 Å². The van der Waals surface area contributed by atoms with E-state index >= 15 is 0 Å². The van der Waals surface area contributed by atoms with Gasteiger partial charge in [0.15, 0.2) is 6.29 Å². The maximum absolute atomic E-state index is 11.4. The molecular formula is C17H30O4. The molecule has 0 spiro atoms. The third-order valence-electron chi connectivity index (χ3n) is 4.57. The summed E-state index contributed by atoms with van der Waals surface area (Å²) in [7, 11) is 0. The predicted molar refractivity (Wildman–Crippen MR) is 80.9 cm³/mol. The van der Waals surface area contributed by atoms with Crippen LogP contribution in [0.15, 0.2) is 0 Å². The second kappa shape index (κ2) is 9.42. The largest absolute Gasteiger partial charge is 0.462 e. The van der Waals surface area contributed by atoms with Gasteiger partial charge in [0.25, 0.3) is 0 Å². The van der Waals surface area contributed by atoms with E-state index in [9.17, 15) is 4.79 Å². The molecule has 0 aromatic carbocycles. The monoisotopic (exact) mass is 298 g/mol. The van der Waals surface area contributed by atoms with Crippen LogP contribution in [0.4, 0.5) is 0 Å². The fourth-order valence-electron chi connectivity index (χ4n) is 3.48. The summed E-state index contributed by atoms with van der Waals surface area (Å²) in [5, 5.41) is 0. The average Bonchev–Trinajstić information content (AvgIpc) is 2.95. The van der Waals surface area contributed by atoms with E-state index in [1.54, 1.807) is 0 Å². The van der Waals surface area contributed by atoms with E-state index in [0.29, 0.717) is 13.2 Å². The Hall–Kier alpha value is -0.610. The minimum Gasteiger partial charge on any atom is -0.462 e. The lowest BCUT2D eigenvalue weighted by Gasteiger charge is -2.30. The molecule has 1 saturated heterocycles. The number of esters is 1. The van der Waals surface area contributed by atoms with Gasteiger partial charge in [0.1, 0.15) is 6.10 Å². The maximum Gasteiger partial charge on any atom is 0.302 e. The van der Waals surface area contributed by atoms with Crippen LogP contribution in [0.1, 0.15) is 71.1 Å². The fourth-order valence-corrected chi connectivity index (χ4v) is 3.48. The summed E-state index contributed by atoms with van der Waals surface area (Å²) in [4.78, 5) is 11.4. The van der Waals surface area contributed by atoms with Crippen molar-refractivity contribution in [3.63, 3.8) is 0 Å². The Labute approximate surface area is 128 Å². The molecule has 2 aliphatic rings. The molecule has 2 rings (SSSR count). The highest BCUT2D eigenvalue weighted by atomic mass is 16.7. The highest BCUT2D eigenvalue weighted by molar-refractivity contribution is 5.66. The van der Waals surface area contributed by atoms with E-state index in [-0.39, 0.29) is 24.3 Å². The standard InChI is InChI=1S/C17H30O4/c1-14(18)21-16-11-9-7-5-3-2-4-6-8-10-15(16)17-19-12-13-20-17/h15-17H,2-13H2,1H3/t15-,16+/m0/s1. The summed E-state index contributed by atoms with van der Waals surface area (Å²) in [6, 6.07) is 0. The van der Waals surface area contributed by atoms with Crippen molar-refractivity contribution in [2.75, 3.05) is 13.2 Å². The molecule has 0 aromatic rings. The van der Waals surface area contributed by atoms with E-state index in [0.717, 1.165) is 19.3 Å². The summed E-state index contributed by atoms with van der Waals surface area (Å²) in [5.41, 5.74) is 0. The van der Waals surface area contributed by atoms with Crippen molar-refractivity contribution in [3.8, 4) is 0 Å². The zero-order valence-electron chi connectivity index (χ0n) is 13.4. The van der Waals surface area contributed by atoms with Gasteiger partial charge in [-0.1, -0.05) is 44.9 Å². The van der Waals surface area contributed by atoms with Gasteiger partial charge in [-0.05, 0) is 19.3 Å². The van der Waals surface area contributed by atoms with Crippen LogP contribution in [0.2, 0.25) is 0 Å². The summed E-state index contributed by atoms with van der Waals surface area (Å²) in [6.07, 6.45) is 11.8. The maximum atomic E-state index is 11.4. The molecule has 0 radical (unpaired) electrons. The first kappa shape index (κ1) is 16.8. The Morgan fingerprint density at radius 2 is 1.38 bits per heavy atom. The predicted octanol–water partition coefficient (Wildman–Crippen LogP) is 3.82. The molecule has 1 heterocycles. The van der Waals surface area contributed by atoms with Crippen molar-refractivity contribution in [1.29, 1.82) is 0 Å². The number of carbonyl (C=O) groups is 1. The van der Waals surface area contributed by atoms with E-state index < -0.39 is 0 Å². The van der Waals surface area contributed by atoms with Gasteiger partial charge in [0.05, 0.1) is 13.2 Å². The SMILES string of the molecule is CC(=O)O[C@@H]1CCCCCCCCCC[C@@H]1C1OCCO1. The smallest absolute Gasteiger partial charge is 0.302 e. The fraction of sp³-hybridized carbons (Fsp3) is 0.941. The molecule has 2 fully saturated rings. The van der Waals surface area contributed by atoms with Crippen LogP contribution in [-0.4, -0.2) is 31.6 Å². The molecule has 1 aliphatic carbocycles. The molecule has 2 atom stereocenters. The second-order valence-electron chi connectivity index (χ2n) is 6.33. The lowest BCUT2D eigenvalue weighted by Crippen LogP contribution is -2.35. The molecule has 0 unspecified atom stereocenters. The average molecular weight is 298 g/mol. The van der Waals surface area contributed by atoms with Crippen molar-refractivity contribution >= 4 is 5.97 Å². The molecule has 1 saturated carbocycles. The Kier molecular flexibility index (Phi) is 7.51. The first-order valence-corrected chi connectivity index (χ1v) is 8.68. The van der Waals surface area contributed by atoms with Gasteiger partial charge in [-0.15, -0.1) is 0 Å². The van der Waals surface area contributed by atoms with Crippen LogP contribution < -0.4 is 0 Å². The van der Waals surface area contributed by atoms with Gasteiger partial charge in [-0.25, -0.2) is 0 Å². The van der Waals surface area contributed by atoms with E-state index in [1.165, 1.54) is 51.9 Å². The second-order valence-corrected chi connectivity index (χ2v) is 6.33. The normalized spacial score (nSPS) is 30.3. The molecule has 1 aliphatic heterocycles. The minimum absolute atomic E-state index is 0.0509. The van der Waals surface area contributed by atoms with E-state index in [2.05, 4.69) is 0 Å². The van der Waals surface area contributed by atoms with Gasteiger partial charge in [-0.3, -0.25) is 4.79 Å². The zero-order chi connectivity index (χ0) is 14.9. The zero-order valence-corrected chi connectivity index (χ0v) is 13.4. The third kappa shape index (κ3) is 5.95. The summed E-state index contributed by atoms with van der Waals surface area (Å²) < 4.78 is 17.1. The minimum atomic E-state index is -0.185. The molecule has 21 heavy (non-hydrogen) atoms. The Bertz CT molecular complexity index is 299. The van der Waals surface area contributed by atoms with Crippen LogP contribution in [0.5, 0.6) is 0 Å². The molecule has 0 amide bonds. The van der Waals surface area contributed by atoms with Gasteiger partial charge in [0.2, 0.25) is 0 Å². The van der Waals surface area contributed by atoms with Gasteiger partial charge in [-0.2, -0.15) is 0 Å².